The Kier molecular flexibility index (Phi) is 4.76. The minimum Gasteiger partial charge on any atom is -0.465 e. The van der Waals surface area contributed by atoms with Crippen molar-refractivity contribution in [2.75, 3.05) is 13.1 Å². The molecule has 0 atom stereocenters. The SMILES string of the molecule is O=C(c1cnc(C2=CCN(C(=O)O)CC2)nc1)c1ccc(Cl)c(F)c1. The molecular weight excluding hydrogens is 349 g/mol. The van der Waals surface area contributed by atoms with E-state index < -0.39 is 17.7 Å². The van der Waals surface area contributed by atoms with E-state index in [-0.39, 0.29) is 22.7 Å². The van der Waals surface area contributed by atoms with Gasteiger partial charge in [0.05, 0.1) is 10.6 Å². The van der Waals surface area contributed by atoms with Crippen molar-refractivity contribution >= 4 is 29.1 Å². The number of halogens is 2. The number of carboxylic acid groups (broad SMARTS) is 1. The number of hydrogen-bond donors (Lipinski definition) is 1. The van der Waals surface area contributed by atoms with E-state index in [1.165, 1.54) is 29.4 Å². The third-order valence-corrected chi connectivity index (χ3v) is 4.17. The van der Waals surface area contributed by atoms with Crippen LogP contribution >= 0.6 is 11.6 Å². The zero-order valence-electron chi connectivity index (χ0n) is 12.9. The third-order valence-electron chi connectivity index (χ3n) is 3.86. The Morgan fingerprint density at radius 2 is 1.92 bits per heavy atom. The highest BCUT2D eigenvalue weighted by atomic mass is 35.5. The molecule has 0 bridgehead atoms. The summed E-state index contributed by atoms with van der Waals surface area (Å²) >= 11 is 5.61. The summed E-state index contributed by atoms with van der Waals surface area (Å²) in [5.74, 6) is -0.624. The molecule has 0 saturated carbocycles. The van der Waals surface area contributed by atoms with Crippen molar-refractivity contribution in [3.05, 3.63) is 64.5 Å². The minimum absolute atomic E-state index is 0.0530. The van der Waals surface area contributed by atoms with E-state index in [2.05, 4.69) is 9.97 Å². The zero-order chi connectivity index (χ0) is 18.0. The summed E-state index contributed by atoms with van der Waals surface area (Å²) in [5, 5.41) is 8.88. The van der Waals surface area contributed by atoms with Crippen molar-refractivity contribution < 1.29 is 19.1 Å². The Balaban J connectivity index is 1.77. The lowest BCUT2D eigenvalue weighted by molar-refractivity contribution is 0.103. The summed E-state index contributed by atoms with van der Waals surface area (Å²) < 4.78 is 13.5. The molecule has 1 aliphatic rings. The van der Waals surface area contributed by atoms with Crippen LogP contribution in [-0.2, 0) is 0 Å². The van der Waals surface area contributed by atoms with Gasteiger partial charge in [0.15, 0.2) is 11.6 Å². The summed E-state index contributed by atoms with van der Waals surface area (Å²) in [7, 11) is 0. The van der Waals surface area contributed by atoms with E-state index in [4.69, 9.17) is 16.7 Å². The Hall–Kier alpha value is -2.80. The number of nitrogens with zero attached hydrogens (tertiary/aromatic N) is 3. The smallest absolute Gasteiger partial charge is 0.407 e. The quantitative estimate of drug-likeness (QED) is 0.848. The maximum Gasteiger partial charge on any atom is 0.407 e. The molecule has 25 heavy (non-hydrogen) atoms. The first-order chi connectivity index (χ1) is 12.0. The molecule has 0 aliphatic carbocycles. The Bertz CT molecular complexity index is 868. The van der Waals surface area contributed by atoms with Gasteiger partial charge in [-0.3, -0.25) is 4.79 Å². The van der Waals surface area contributed by atoms with E-state index in [9.17, 15) is 14.0 Å². The van der Waals surface area contributed by atoms with Gasteiger partial charge in [-0.2, -0.15) is 0 Å². The molecule has 0 spiro atoms. The van der Waals surface area contributed by atoms with Crippen molar-refractivity contribution in [3.8, 4) is 0 Å². The summed E-state index contributed by atoms with van der Waals surface area (Å²) in [6.07, 6.45) is 4.04. The van der Waals surface area contributed by atoms with Crippen molar-refractivity contribution in [2.24, 2.45) is 0 Å². The average Bonchev–Trinajstić information content (AvgIpc) is 2.63. The number of benzene rings is 1. The monoisotopic (exact) mass is 361 g/mol. The molecule has 1 amide bonds. The second kappa shape index (κ2) is 6.98. The second-order valence-corrected chi connectivity index (χ2v) is 5.87. The summed E-state index contributed by atoms with van der Waals surface area (Å²) in [5.41, 5.74) is 1.22. The van der Waals surface area contributed by atoms with Crippen LogP contribution in [0.25, 0.3) is 5.57 Å². The first kappa shape index (κ1) is 17.0. The lowest BCUT2D eigenvalue weighted by Gasteiger charge is -2.22. The van der Waals surface area contributed by atoms with Gasteiger partial charge in [-0.15, -0.1) is 0 Å². The maximum atomic E-state index is 13.5. The summed E-state index contributed by atoms with van der Waals surface area (Å²) in [6.45, 7) is 0.647. The Morgan fingerprint density at radius 3 is 2.48 bits per heavy atom. The number of carbonyl (C=O) groups is 2. The van der Waals surface area contributed by atoms with Crippen molar-refractivity contribution in [1.29, 1.82) is 0 Å². The van der Waals surface area contributed by atoms with E-state index in [0.29, 0.717) is 18.8 Å². The van der Waals surface area contributed by atoms with Crippen LogP contribution < -0.4 is 0 Å². The van der Waals surface area contributed by atoms with Crippen LogP contribution in [0.3, 0.4) is 0 Å². The van der Waals surface area contributed by atoms with Gasteiger partial charge in [-0.1, -0.05) is 17.7 Å². The molecular formula is C17H13ClFN3O3. The third kappa shape index (κ3) is 3.66. The molecule has 6 nitrogen and oxygen atoms in total. The van der Waals surface area contributed by atoms with Crippen molar-refractivity contribution in [3.63, 3.8) is 0 Å². The van der Waals surface area contributed by atoms with Crippen molar-refractivity contribution in [2.45, 2.75) is 6.42 Å². The van der Waals surface area contributed by atoms with Crippen molar-refractivity contribution in [1.82, 2.24) is 14.9 Å². The second-order valence-electron chi connectivity index (χ2n) is 5.46. The maximum absolute atomic E-state index is 13.5. The van der Waals surface area contributed by atoms with Crippen LogP contribution in [0, 0.1) is 5.82 Å². The molecule has 2 heterocycles. The van der Waals surface area contributed by atoms with Gasteiger partial charge in [-0.25, -0.2) is 19.2 Å². The van der Waals surface area contributed by atoms with E-state index in [0.717, 1.165) is 11.6 Å². The van der Waals surface area contributed by atoms with Gasteiger partial charge < -0.3 is 10.0 Å². The first-order valence-corrected chi connectivity index (χ1v) is 7.82. The fraction of sp³-hybridized carbons (Fsp3) is 0.176. The van der Waals surface area contributed by atoms with Crippen LogP contribution in [-0.4, -0.2) is 44.9 Å². The number of carbonyl (C=O) groups excluding carboxylic acids is 1. The predicted octanol–water partition coefficient (Wildman–Crippen LogP) is 3.27. The number of ketones is 1. The molecule has 1 aliphatic heterocycles. The number of amides is 1. The molecule has 128 valence electrons. The predicted molar refractivity (Wildman–Crippen MR) is 89.1 cm³/mol. The molecule has 0 radical (unpaired) electrons. The largest absolute Gasteiger partial charge is 0.465 e. The van der Waals surface area contributed by atoms with Crippen LogP contribution in [0.4, 0.5) is 9.18 Å². The molecule has 1 aromatic heterocycles. The van der Waals surface area contributed by atoms with Gasteiger partial charge in [0.1, 0.15) is 5.82 Å². The number of rotatable bonds is 3. The molecule has 2 aromatic rings. The summed E-state index contributed by atoms with van der Waals surface area (Å²) in [6, 6.07) is 3.83. The van der Waals surface area contributed by atoms with Crippen LogP contribution in [0.2, 0.25) is 5.02 Å². The summed E-state index contributed by atoms with van der Waals surface area (Å²) in [4.78, 5) is 32.9. The fourth-order valence-corrected chi connectivity index (χ4v) is 2.58. The molecule has 0 saturated heterocycles. The molecule has 0 unspecified atom stereocenters. The van der Waals surface area contributed by atoms with E-state index >= 15 is 0 Å². The van der Waals surface area contributed by atoms with Crippen LogP contribution in [0.5, 0.6) is 0 Å². The molecule has 0 fully saturated rings. The molecule has 1 aromatic carbocycles. The first-order valence-electron chi connectivity index (χ1n) is 7.45. The highest BCUT2D eigenvalue weighted by molar-refractivity contribution is 6.30. The lowest BCUT2D eigenvalue weighted by Crippen LogP contribution is -2.33. The van der Waals surface area contributed by atoms with Gasteiger partial charge in [-0.05, 0) is 30.2 Å². The number of hydrogen-bond acceptors (Lipinski definition) is 4. The van der Waals surface area contributed by atoms with Crippen LogP contribution in [0.15, 0.2) is 36.7 Å². The fourth-order valence-electron chi connectivity index (χ4n) is 2.46. The average molecular weight is 362 g/mol. The standard InChI is InChI=1S/C17H13ClFN3O3/c18-13-2-1-11(7-14(13)19)15(23)12-8-20-16(21-9-12)10-3-5-22(6-4-10)17(24)25/h1-3,7-9H,4-6H2,(H,24,25). The molecule has 3 rings (SSSR count). The number of aromatic nitrogens is 2. The van der Waals surface area contributed by atoms with Gasteiger partial charge in [0.2, 0.25) is 0 Å². The lowest BCUT2D eigenvalue weighted by atomic mass is 10.1. The van der Waals surface area contributed by atoms with Gasteiger partial charge >= 0.3 is 6.09 Å². The van der Waals surface area contributed by atoms with Gasteiger partial charge in [0.25, 0.3) is 0 Å². The Morgan fingerprint density at radius 1 is 1.20 bits per heavy atom. The topological polar surface area (TPSA) is 83.4 Å². The minimum atomic E-state index is -0.965. The zero-order valence-corrected chi connectivity index (χ0v) is 13.7. The normalized spacial score (nSPS) is 14.2. The van der Waals surface area contributed by atoms with E-state index in [1.54, 1.807) is 6.08 Å². The van der Waals surface area contributed by atoms with E-state index in [1.807, 2.05) is 0 Å². The molecule has 8 heteroatoms. The highest BCUT2D eigenvalue weighted by Crippen LogP contribution is 2.21. The van der Waals surface area contributed by atoms with Crippen LogP contribution in [0.1, 0.15) is 28.2 Å². The Labute approximate surface area is 147 Å². The molecule has 1 N–H and O–H groups in total. The highest BCUT2D eigenvalue weighted by Gasteiger charge is 2.19. The van der Waals surface area contributed by atoms with Gasteiger partial charge in [0, 0.05) is 31.0 Å².